The summed E-state index contributed by atoms with van der Waals surface area (Å²) in [6.45, 7) is 1.90. The number of aromatic amines is 1. The molecule has 2 aromatic carbocycles. The molecule has 0 spiro atoms. The van der Waals surface area contributed by atoms with Crippen molar-refractivity contribution < 1.29 is 4.79 Å². The molecular weight excluding hydrogens is 390 g/mol. The van der Waals surface area contributed by atoms with Crippen LogP contribution < -0.4 is 10.6 Å². The molecule has 0 radical (unpaired) electrons. The number of aromatic nitrogens is 5. The van der Waals surface area contributed by atoms with E-state index >= 15 is 0 Å². The minimum absolute atomic E-state index is 0.208. The zero-order valence-corrected chi connectivity index (χ0v) is 16.7. The molecule has 1 amide bonds. The van der Waals surface area contributed by atoms with E-state index in [0.717, 1.165) is 28.1 Å². The van der Waals surface area contributed by atoms with E-state index in [1.807, 2.05) is 61.7 Å². The van der Waals surface area contributed by atoms with Crippen LogP contribution in [0.1, 0.15) is 16.1 Å². The van der Waals surface area contributed by atoms with Gasteiger partial charge in [-0.15, -0.1) is 0 Å². The topological polar surface area (TPSA) is 101 Å². The van der Waals surface area contributed by atoms with E-state index < -0.39 is 0 Å². The molecule has 3 aromatic heterocycles. The van der Waals surface area contributed by atoms with Crippen molar-refractivity contribution >= 4 is 34.3 Å². The molecule has 8 heteroatoms. The molecule has 0 fully saturated rings. The molecular formula is C23H19N7O. The highest BCUT2D eigenvalue weighted by atomic mass is 16.1. The SMILES string of the molecule is Cc1ccc(NC(=O)c2cccc(-n3cc(Nc4nc5ccccc5[nH]4)cn3)c2)cn1. The van der Waals surface area contributed by atoms with Crippen LogP contribution in [-0.4, -0.2) is 30.6 Å². The van der Waals surface area contributed by atoms with Crippen LogP contribution in [0.25, 0.3) is 16.7 Å². The smallest absolute Gasteiger partial charge is 0.255 e. The highest BCUT2D eigenvalue weighted by Crippen LogP contribution is 2.19. The number of carbonyl (C=O) groups is 1. The lowest BCUT2D eigenvalue weighted by Crippen LogP contribution is -2.12. The summed E-state index contributed by atoms with van der Waals surface area (Å²) in [7, 11) is 0. The van der Waals surface area contributed by atoms with Crippen molar-refractivity contribution in [2.24, 2.45) is 0 Å². The number of H-pyrrole nitrogens is 1. The Morgan fingerprint density at radius 3 is 2.74 bits per heavy atom. The number of para-hydroxylation sites is 2. The van der Waals surface area contributed by atoms with Gasteiger partial charge in [0.05, 0.1) is 46.7 Å². The van der Waals surface area contributed by atoms with Gasteiger partial charge < -0.3 is 15.6 Å². The monoisotopic (exact) mass is 409 g/mol. The molecule has 0 aliphatic rings. The van der Waals surface area contributed by atoms with Crippen LogP contribution in [0.3, 0.4) is 0 Å². The average Bonchev–Trinajstić information content (AvgIpc) is 3.42. The van der Waals surface area contributed by atoms with Crippen molar-refractivity contribution in [3.63, 3.8) is 0 Å². The molecule has 0 aliphatic carbocycles. The summed E-state index contributed by atoms with van der Waals surface area (Å²) >= 11 is 0. The van der Waals surface area contributed by atoms with Crippen molar-refractivity contribution in [2.75, 3.05) is 10.6 Å². The van der Waals surface area contributed by atoms with E-state index in [2.05, 4.69) is 30.7 Å². The molecule has 3 heterocycles. The van der Waals surface area contributed by atoms with Gasteiger partial charge in [-0.3, -0.25) is 9.78 Å². The van der Waals surface area contributed by atoms with Gasteiger partial charge in [0.25, 0.3) is 5.91 Å². The third-order valence-electron chi connectivity index (χ3n) is 4.78. The van der Waals surface area contributed by atoms with Crippen molar-refractivity contribution in [3.05, 3.63) is 90.5 Å². The van der Waals surface area contributed by atoms with Crippen LogP contribution in [-0.2, 0) is 0 Å². The largest absolute Gasteiger partial charge is 0.324 e. The Hall–Kier alpha value is -4.46. The zero-order valence-electron chi connectivity index (χ0n) is 16.7. The second-order valence-corrected chi connectivity index (χ2v) is 7.09. The lowest BCUT2D eigenvalue weighted by atomic mass is 10.2. The summed E-state index contributed by atoms with van der Waals surface area (Å²) in [5.74, 6) is 0.431. The number of anilines is 3. The molecule has 0 unspecified atom stereocenters. The first-order chi connectivity index (χ1) is 15.1. The van der Waals surface area contributed by atoms with Gasteiger partial charge >= 0.3 is 0 Å². The third kappa shape index (κ3) is 3.99. The fourth-order valence-corrected chi connectivity index (χ4v) is 3.21. The van der Waals surface area contributed by atoms with Crippen molar-refractivity contribution in [3.8, 4) is 5.69 Å². The third-order valence-corrected chi connectivity index (χ3v) is 4.78. The van der Waals surface area contributed by atoms with Crippen molar-refractivity contribution in [2.45, 2.75) is 6.92 Å². The van der Waals surface area contributed by atoms with Gasteiger partial charge in [-0.2, -0.15) is 5.10 Å². The van der Waals surface area contributed by atoms with Crippen LogP contribution in [0.4, 0.5) is 17.3 Å². The van der Waals surface area contributed by atoms with Gasteiger partial charge in [-0.05, 0) is 49.4 Å². The van der Waals surface area contributed by atoms with Crippen LogP contribution >= 0.6 is 0 Å². The Labute approximate surface area is 178 Å². The summed E-state index contributed by atoms with van der Waals surface area (Å²) in [5, 5.41) is 10.5. The molecule has 0 bridgehead atoms. The molecule has 5 aromatic rings. The number of fused-ring (bicyclic) bond motifs is 1. The number of carbonyl (C=O) groups excluding carboxylic acids is 1. The molecule has 152 valence electrons. The number of pyridine rings is 1. The standard InChI is InChI=1S/C23H19N7O/c1-15-9-10-17(12-24-15)26-22(31)16-5-4-6-19(11-16)30-14-18(13-25-30)27-23-28-20-7-2-3-8-21(20)29-23/h2-14H,1H3,(H,26,31)(H2,27,28,29). The molecule has 0 saturated carbocycles. The maximum Gasteiger partial charge on any atom is 0.255 e. The predicted molar refractivity (Wildman–Crippen MR) is 120 cm³/mol. The molecule has 8 nitrogen and oxygen atoms in total. The molecule has 31 heavy (non-hydrogen) atoms. The Morgan fingerprint density at radius 1 is 1.00 bits per heavy atom. The van der Waals surface area contributed by atoms with Gasteiger partial charge in [-0.25, -0.2) is 9.67 Å². The fraction of sp³-hybridized carbons (Fsp3) is 0.0435. The van der Waals surface area contributed by atoms with Gasteiger partial charge in [0.15, 0.2) is 0 Å². The van der Waals surface area contributed by atoms with Gasteiger partial charge in [0, 0.05) is 11.3 Å². The number of benzene rings is 2. The number of aryl methyl sites for hydroxylation is 1. The normalized spacial score (nSPS) is 10.9. The zero-order chi connectivity index (χ0) is 21.2. The number of nitrogens with one attached hydrogen (secondary N) is 3. The maximum absolute atomic E-state index is 12.6. The second kappa shape index (κ2) is 7.75. The number of imidazole rings is 1. The number of hydrogen-bond acceptors (Lipinski definition) is 5. The number of rotatable bonds is 5. The fourth-order valence-electron chi connectivity index (χ4n) is 3.21. The number of nitrogens with zero attached hydrogens (tertiary/aromatic N) is 4. The Bertz CT molecular complexity index is 1340. The summed E-state index contributed by atoms with van der Waals surface area (Å²) in [5.41, 5.74) is 5.47. The summed E-state index contributed by atoms with van der Waals surface area (Å²) in [6, 6.07) is 18.8. The van der Waals surface area contributed by atoms with Crippen LogP contribution in [0.2, 0.25) is 0 Å². The van der Waals surface area contributed by atoms with E-state index in [1.54, 1.807) is 29.2 Å². The molecule has 3 N–H and O–H groups in total. The molecule has 0 atom stereocenters. The summed E-state index contributed by atoms with van der Waals surface area (Å²) < 4.78 is 1.70. The molecule has 0 saturated heterocycles. The number of amides is 1. The second-order valence-electron chi connectivity index (χ2n) is 7.09. The first kappa shape index (κ1) is 18.6. The van der Waals surface area contributed by atoms with Crippen molar-refractivity contribution in [1.82, 2.24) is 24.7 Å². The van der Waals surface area contributed by atoms with E-state index in [4.69, 9.17) is 0 Å². The quantitative estimate of drug-likeness (QED) is 0.398. The van der Waals surface area contributed by atoms with E-state index in [9.17, 15) is 4.79 Å². The highest BCUT2D eigenvalue weighted by Gasteiger charge is 2.10. The predicted octanol–water partition coefficient (Wildman–Crippen LogP) is 4.45. The Kier molecular flexibility index (Phi) is 4.64. The Morgan fingerprint density at radius 2 is 1.90 bits per heavy atom. The minimum Gasteiger partial charge on any atom is -0.324 e. The van der Waals surface area contributed by atoms with Crippen LogP contribution in [0, 0.1) is 6.92 Å². The summed E-state index contributed by atoms with van der Waals surface area (Å²) in [6.07, 6.45) is 5.19. The molecule has 0 aliphatic heterocycles. The van der Waals surface area contributed by atoms with E-state index in [0.29, 0.717) is 17.2 Å². The lowest BCUT2D eigenvalue weighted by molar-refractivity contribution is 0.102. The first-order valence-electron chi connectivity index (χ1n) is 9.75. The summed E-state index contributed by atoms with van der Waals surface area (Å²) in [4.78, 5) is 24.6. The first-order valence-corrected chi connectivity index (χ1v) is 9.75. The van der Waals surface area contributed by atoms with E-state index in [1.165, 1.54) is 0 Å². The maximum atomic E-state index is 12.6. The Balaban J connectivity index is 1.33. The van der Waals surface area contributed by atoms with Crippen LogP contribution in [0.15, 0.2) is 79.3 Å². The lowest BCUT2D eigenvalue weighted by Gasteiger charge is -2.07. The van der Waals surface area contributed by atoms with Crippen molar-refractivity contribution in [1.29, 1.82) is 0 Å². The molecule has 5 rings (SSSR count). The van der Waals surface area contributed by atoms with Gasteiger partial charge in [-0.1, -0.05) is 18.2 Å². The minimum atomic E-state index is -0.208. The van der Waals surface area contributed by atoms with Gasteiger partial charge in [0.1, 0.15) is 0 Å². The van der Waals surface area contributed by atoms with E-state index in [-0.39, 0.29) is 5.91 Å². The van der Waals surface area contributed by atoms with Crippen LogP contribution in [0.5, 0.6) is 0 Å². The number of hydrogen-bond donors (Lipinski definition) is 3. The van der Waals surface area contributed by atoms with Gasteiger partial charge in [0.2, 0.25) is 5.95 Å². The highest BCUT2D eigenvalue weighted by molar-refractivity contribution is 6.04. The average molecular weight is 409 g/mol.